The summed E-state index contributed by atoms with van der Waals surface area (Å²) in [6, 6.07) is 2.45. The summed E-state index contributed by atoms with van der Waals surface area (Å²) in [6.45, 7) is 0.0358. The van der Waals surface area contributed by atoms with Crippen LogP contribution in [0.15, 0.2) is 24.5 Å². The summed E-state index contributed by atoms with van der Waals surface area (Å²) < 4.78 is 53.0. The number of carbonyl (C=O) groups is 1. The number of nitrogens with zero attached hydrogens (tertiary/aromatic N) is 3. The summed E-state index contributed by atoms with van der Waals surface area (Å²) >= 11 is 0. The molecule has 0 bridgehead atoms. The van der Waals surface area contributed by atoms with Crippen molar-refractivity contribution in [2.24, 2.45) is 0 Å². The molecule has 1 fully saturated rings. The molecule has 1 saturated carbocycles. The first-order valence-electron chi connectivity index (χ1n) is 6.89. The Morgan fingerprint density at radius 1 is 1.35 bits per heavy atom. The van der Waals surface area contributed by atoms with Crippen LogP contribution in [0.2, 0.25) is 0 Å². The number of alkyl halides is 3. The molecule has 1 aromatic heterocycles. The normalized spacial score (nSPS) is 14.8. The van der Waals surface area contributed by atoms with Crippen LogP contribution >= 0.6 is 0 Å². The van der Waals surface area contributed by atoms with E-state index in [0.29, 0.717) is 24.0 Å². The van der Waals surface area contributed by atoms with E-state index in [9.17, 15) is 22.4 Å². The summed E-state index contributed by atoms with van der Waals surface area (Å²) in [5.74, 6) is -1.62. The Labute approximate surface area is 128 Å². The number of hydrogen-bond acceptors (Lipinski definition) is 3. The Kier molecular flexibility index (Phi) is 3.78. The van der Waals surface area contributed by atoms with Gasteiger partial charge in [-0.2, -0.15) is 13.2 Å². The summed E-state index contributed by atoms with van der Waals surface area (Å²) in [5, 5.41) is 10.1. The molecular weight excluding hydrogens is 316 g/mol. The Bertz CT molecular complexity index is 737. The van der Waals surface area contributed by atoms with E-state index >= 15 is 0 Å². The molecule has 0 radical (unpaired) electrons. The van der Waals surface area contributed by atoms with Crippen molar-refractivity contribution in [1.29, 1.82) is 0 Å². The first-order valence-corrected chi connectivity index (χ1v) is 6.89. The van der Waals surface area contributed by atoms with Crippen LogP contribution in [-0.2, 0) is 12.7 Å². The van der Waals surface area contributed by atoms with E-state index in [1.54, 1.807) is 6.33 Å². The molecule has 0 aliphatic heterocycles. The Balaban J connectivity index is 1.72. The first kappa shape index (κ1) is 15.4. The van der Waals surface area contributed by atoms with E-state index in [0.717, 1.165) is 18.9 Å². The smallest absolute Gasteiger partial charge is 0.345 e. The minimum atomic E-state index is -4.85. The minimum absolute atomic E-state index is 0.0358. The van der Waals surface area contributed by atoms with Crippen LogP contribution in [0.5, 0.6) is 0 Å². The van der Waals surface area contributed by atoms with Gasteiger partial charge in [0, 0.05) is 11.6 Å². The number of hydrogen-bond donors (Lipinski definition) is 1. The van der Waals surface area contributed by atoms with Gasteiger partial charge in [-0.15, -0.1) is 10.2 Å². The third-order valence-corrected chi connectivity index (χ3v) is 3.53. The molecule has 0 spiro atoms. The molecule has 2 aromatic rings. The highest BCUT2D eigenvalue weighted by molar-refractivity contribution is 5.94. The van der Waals surface area contributed by atoms with Gasteiger partial charge in [0.25, 0.3) is 5.91 Å². The molecule has 5 nitrogen and oxygen atoms in total. The van der Waals surface area contributed by atoms with Crippen molar-refractivity contribution in [2.45, 2.75) is 31.6 Å². The molecule has 1 aromatic carbocycles. The van der Waals surface area contributed by atoms with Gasteiger partial charge in [-0.1, -0.05) is 0 Å². The van der Waals surface area contributed by atoms with Gasteiger partial charge in [-0.05, 0) is 31.0 Å². The fraction of sp³-hybridized carbons (Fsp3) is 0.357. The fourth-order valence-corrected chi connectivity index (χ4v) is 2.20. The molecule has 1 aliphatic carbocycles. The molecule has 0 atom stereocenters. The van der Waals surface area contributed by atoms with Crippen LogP contribution in [0.4, 0.5) is 17.6 Å². The lowest BCUT2D eigenvalue weighted by atomic mass is 10.1. The SMILES string of the molecule is O=C(NCc1nncn1C1CC1)c1ccc(F)c(C(F)(F)F)c1. The highest BCUT2D eigenvalue weighted by Crippen LogP contribution is 2.35. The van der Waals surface area contributed by atoms with E-state index < -0.39 is 23.5 Å². The van der Waals surface area contributed by atoms with Crippen LogP contribution in [-0.4, -0.2) is 20.7 Å². The standard InChI is InChI=1S/C14H12F4N4O/c15-11-4-1-8(5-10(11)14(16,17)18)13(23)19-6-12-21-20-7-22(12)9-2-3-9/h1,4-5,7,9H,2-3,6H2,(H,19,23). The summed E-state index contributed by atoms with van der Waals surface area (Å²) in [7, 11) is 0. The van der Waals surface area contributed by atoms with Crippen molar-refractivity contribution in [2.75, 3.05) is 0 Å². The second-order valence-corrected chi connectivity index (χ2v) is 5.26. The number of nitrogens with one attached hydrogen (secondary N) is 1. The number of aromatic nitrogens is 3. The zero-order chi connectivity index (χ0) is 16.6. The summed E-state index contributed by atoms with van der Waals surface area (Å²) in [4.78, 5) is 12.0. The Morgan fingerprint density at radius 3 is 2.74 bits per heavy atom. The molecule has 0 unspecified atom stereocenters. The lowest BCUT2D eigenvalue weighted by molar-refractivity contribution is -0.140. The number of rotatable bonds is 4. The molecule has 1 amide bonds. The van der Waals surface area contributed by atoms with Crippen molar-refractivity contribution in [3.63, 3.8) is 0 Å². The van der Waals surface area contributed by atoms with Crippen LogP contribution in [0, 0.1) is 5.82 Å². The molecular formula is C14H12F4N4O. The van der Waals surface area contributed by atoms with Crippen molar-refractivity contribution < 1.29 is 22.4 Å². The predicted octanol–water partition coefficient (Wildman–Crippen LogP) is 2.70. The predicted molar refractivity (Wildman–Crippen MR) is 70.9 cm³/mol. The van der Waals surface area contributed by atoms with E-state index in [1.807, 2.05) is 4.57 Å². The zero-order valence-corrected chi connectivity index (χ0v) is 11.8. The van der Waals surface area contributed by atoms with Gasteiger partial charge in [0.05, 0.1) is 12.1 Å². The average molecular weight is 328 g/mol. The molecule has 0 saturated heterocycles. The lowest BCUT2D eigenvalue weighted by Crippen LogP contribution is -2.25. The van der Waals surface area contributed by atoms with Gasteiger partial charge in [0.1, 0.15) is 12.1 Å². The van der Waals surface area contributed by atoms with Gasteiger partial charge < -0.3 is 9.88 Å². The molecule has 9 heteroatoms. The fourth-order valence-electron chi connectivity index (χ4n) is 2.20. The van der Waals surface area contributed by atoms with E-state index in [2.05, 4.69) is 15.5 Å². The Morgan fingerprint density at radius 2 is 2.09 bits per heavy atom. The third-order valence-electron chi connectivity index (χ3n) is 3.53. The third kappa shape index (κ3) is 3.33. The maximum absolute atomic E-state index is 13.2. The molecule has 23 heavy (non-hydrogen) atoms. The van der Waals surface area contributed by atoms with Crippen LogP contribution in [0.25, 0.3) is 0 Å². The van der Waals surface area contributed by atoms with Gasteiger partial charge in [0.2, 0.25) is 0 Å². The quantitative estimate of drug-likeness (QED) is 0.878. The van der Waals surface area contributed by atoms with E-state index in [4.69, 9.17) is 0 Å². The van der Waals surface area contributed by atoms with Gasteiger partial charge in [-0.25, -0.2) is 4.39 Å². The highest BCUT2D eigenvalue weighted by Gasteiger charge is 2.34. The van der Waals surface area contributed by atoms with Crippen molar-refractivity contribution >= 4 is 5.91 Å². The topological polar surface area (TPSA) is 59.8 Å². The largest absolute Gasteiger partial charge is 0.419 e. The van der Waals surface area contributed by atoms with E-state index in [1.165, 1.54) is 0 Å². The Hall–Kier alpha value is -2.45. The second kappa shape index (κ2) is 5.64. The molecule has 1 aliphatic rings. The molecule has 1 N–H and O–H groups in total. The molecule has 3 rings (SSSR count). The van der Waals surface area contributed by atoms with Gasteiger partial charge in [0.15, 0.2) is 5.82 Å². The maximum Gasteiger partial charge on any atom is 0.419 e. The number of benzene rings is 1. The van der Waals surface area contributed by atoms with Crippen molar-refractivity contribution in [1.82, 2.24) is 20.1 Å². The minimum Gasteiger partial charge on any atom is -0.345 e. The maximum atomic E-state index is 13.2. The first-order chi connectivity index (χ1) is 10.9. The molecule has 122 valence electrons. The van der Waals surface area contributed by atoms with Crippen LogP contribution in [0.1, 0.15) is 40.6 Å². The van der Waals surface area contributed by atoms with Gasteiger partial charge in [-0.3, -0.25) is 4.79 Å². The average Bonchev–Trinajstić information content (AvgIpc) is 3.22. The summed E-state index contributed by atoms with van der Waals surface area (Å²) in [5.41, 5.74) is -1.73. The van der Waals surface area contributed by atoms with Gasteiger partial charge >= 0.3 is 6.18 Å². The summed E-state index contributed by atoms with van der Waals surface area (Å²) in [6.07, 6.45) is -1.29. The monoisotopic (exact) mass is 328 g/mol. The zero-order valence-electron chi connectivity index (χ0n) is 11.8. The van der Waals surface area contributed by atoms with E-state index in [-0.39, 0.29) is 12.1 Å². The van der Waals surface area contributed by atoms with Crippen molar-refractivity contribution in [3.8, 4) is 0 Å². The van der Waals surface area contributed by atoms with Crippen LogP contribution in [0.3, 0.4) is 0 Å². The van der Waals surface area contributed by atoms with Crippen molar-refractivity contribution in [3.05, 3.63) is 47.3 Å². The lowest BCUT2D eigenvalue weighted by Gasteiger charge is -2.10. The molecule has 1 heterocycles. The number of amides is 1. The number of halogens is 4. The van der Waals surface area contributed by atoms with Crippen LogP contribution < -0.4 is 5.32 Å². The second-order valence-electron chi connectivity index (χ2n) is 5.26. The highest BCUT2D eigenvalue weighted by atomic mass is 19.4. The number of carbonyl (C=O) groups excluding carboxylic acids is 1.